The maximum absolute atomic E-state index is 4.45. The van der Waals surface area contributed by atoms with E-state index in [9.17, 15) is 0 Å². The summed E-state index contributed by atoms with van der Waals surface area (Å²) in [5, 5.41) is 12.0. The number of nitrogens with zero attached hydrogens (tertiary/aromatic N) is 6. The molecule has 0 unspecified atom stereocenters. The van der Waals surface area contributed by atoms with Crippen molar-refractivity contribution in [2.45, 2.75) is 59.3 Å². The monoisotopic (exact) mass is 277 g/mol. The first kappa shape index (κ1) is 14.6. The smallest absolute Gasteiger partial charge is 0.164 e. The fourth-order valence-electron chi connectivity index (χ4n) is 1.80. The Balaban J connectivity index is 2.01. The molecule has 2 heterocycles. The van der Waals surface area contributed by atoms with E-state index in [2.05, 4.69) is 60.1 Å². The van der Waals surface area contributed by atoms with Crippen LogP contribution in [-0.4, -0.2) is 35.1 Å². The van der Waals surface area contributed by atoms with Gasteiger partial charge in [0.05, 0.1) is 6.54 Å². The van der Waals surface area contributed by atoms with E-state index in [1.807, 2.05) is 4.68 Å². The van der Waals surface area contributed by atoms with Crippen molar-refractivity contribution in [3.63, 3.8) is 0 Å². The van der Waals surface area contributed by atoms with Crippen LogP contribution in [0.4, 0.5) is 0 Å². The molecule has 0 amide bonds. The van der Waals surface area contributed by atoms with Gasteiger partial charge in [0.1, 0.15) is 25.0 Å². The Morgan fingerprint density at radius 1 is 1.25 bits per heavy atom. The lowest BCUT2D eigenvalue weighted by Crippen LogP contribution is -2.35. The summed E-state index contributed by atoms with van der Waals surface area (Å²) in [6.07, 6.45) is 3.31. The van der Waals surface area contributed by atoms with Crippen molar-refractivity contribution >= 4 is 0 Å². The minimum absolute atomic E-state index is 0.0588. The molecule has 7 nitrogen and oxygen atoms in total. The fourth-order valence-corrected chi connectivity index (χ4v) is 1.80. The molecule has 0 aliphatic rings. The maximum atomic E-state index is 4.45. The summed E-state index contributed by atoms with van der Waals surface area (Å²) in [6.45, 7) is 11.8. The summed E-state index contributed by atoms with van der Waals surface area (Å²) in [5.41, 5.74) is 0.0588. The highest BCUT2D eigenvalue weighted by Crippen LogP contribution is 2.06. The van der Waals surface area contributed by atoms with E-state index in [-0.39, 0.29) is 11.6 Å². The van der Waals surface area contributed by atoms with Gasteiger partial charge in [-0.3, -0.25) is 0 Å². The molecule has 0 aliphatic carbocycles. The lowest BCUT2D eigenvalue weighted by Gasteiger charge is -2.19. The van der Waals surface area contributed by atoms with Crippen LogP contribution in [0.25, 0.3) is 0 Å². The second kappa shape index (κ2) is 5.70. The number of hydrogen-bond donors (Lipinski definition) is 1. The largest absolute Gasteiger partial charge is 0.305 e. The zero-order valence-electron chi connectivity index (χ0n) is 12.8. The molecule has 2 aromatic rings. The summed E-state index contributed by atoms with van der Waals surface area (Å²) >= 11 is 0. The third-order valence-corrected chi connectivity index (χ3v) is 2.80. The molecule has 7 heteroatoms. The first-order valence-electron chi connectivity index (χ1n) is 6.87. The highest BCUT2D eigenvalue weighted by atomic mass is 15.4. The van der Waals surface area contributed by atoms with Gasteiger partial charge in [-0.05, 0) is 34.6 Å². The second-order valence-electron chi connectivity index (χ2n) is 6.18. The minimum atomic E-state index is 0.0588. The SMILES string of the molecule is CC(C)n1ncnc1Cn1cnc(CNC(C)(C)C)n1. The van der Waals surface area contributed by atoms with Crippen LogP contribution in [0, 0.1) is 0 Å². The quantitative estimate of drug-likeness (QED) is 0.894. The van der Waals surface area contributed by atoms with Crippen LogP contribution in [0.3, 0.4) is 0 Å². The summed E-state index contributed by atoms with van der Waals surface area (Å²) in [7, 11) is 0. The lowest BCUT2D eigenvalue weighted by atomic mass is 10.1. The average molecular weight is 277 g/mol. The van der Waals surface area contributed by atoms with Crippen molar-refractivity contribution < 1.29 is 0 Å². The summed E-state index contributed by atoms with van der Waals surface area (Å²) in [5.74, 6) is 1.68. The second-order valence-corrected chi connectivity index (χ2v) is 6.18. The zero-order chi connectivity index (χ0) is 14.8. The molecule has 0 bridgehead atoms. The number of rotatable bonds is 5. The van der Waals surface area contributed by atoms with Gasteiger partial charge in [0.2, 0.25) is 0 Å². The van der Waals surface area contributed by atoms with Crippen molar-refractivity contribution in [1.29, 1.82) is 0 Å². The van der Waals surface area contributed by atoms with Crippen LogP contribution in [-0.2, 0) is 13.1 Å². The normalized spacial score (nSPS) is 12.3. The molecular weight excluding hydrogens is 254 g/mol. The standard InChI is InChI=1S/C13H23N7/c1-10(2)20-12(14-8-17-20)7-19-9-15-11(18-19)6-16-13(3,4)5/h8-10,16H,6-7H2,1-5H3. The molecule has 0 aromatic carbocycles. The van der Waals surface area contributed by atoms with E-state index >= 15 is 0 Å². The molecule has 0 spiro atoms. The minimum Gasteiger partial charge on any atom is -0.305 e. The van der Waals surface area contributed by atoms with E-state index in [4.69, 9.17) is 0 Å². The number of nitrogens with one attached hydrogen (secondary N) is 1. The van der Waals surface area contributed by atoms with Crippen LogP contribution < -0.4 is 5.32 Å². The highest BCUT2D eigenvalue weighted by molar-refractivity contribution is 4.90. The molecular formula is C13H23N7. The van der Waals surface area contributed by atoms with Crippen LogP contribution in [0.2, 0.25) is 0 Å². The van der Waals surface area contributed by atoms with Crippen molar-refractivity contribution in [3.05, 3.63) is 24.3 Å². The van der Waals surface area contributed by atoms with E-state index in [1.165, 1.54) is 0 Å². The molecule has 20 heavy (non-hydrogen) atoms. The third kappa shape index (κ3) is 3.86. The zero-order valence-corrected chi connectivity index (χ0v) is 12.8. The molecule has 2 aromatic heterocycles. The van der Waals surface area contributed by atoms with Gasteiger partial charge in [0, 0.05) is 11.6 Å². The fraction of sp³-hybridized carbons (Fsp3) is 0.692. The van der Waals surface area contributed by atoms with Crippen molar-refractivity contribution in [3.8, 4) is 0 Å². The molecule has 0 saturated carbocycles. The predicted molar refractivity (Wildman–Crippen MR) is 76.1 cm³/mol. The summed E-state index contributed by atoms with van der Waals surface area (Å²) in [4.78, 5) is 8.58. The van der Waals surface area contributed by atoms with Crippen molar-refractivity contribution in [1.82, 2.24) is 34.8 Å². The third-order valence-electron chi connectivity index (χ3n) is 2.80. The Morgan fingerprint density at radius 3 is 2.65 bits per heavy atom. The van der Waals surface area contributed by atoms with Gasteiger partial charge in [-0.15, -0.1) is 0 Å². The molecule has 2 rings (SSSR count). The predicted octanol–water partition coefficient (Wildman–Crippen LogP) is 1.39. The lowest BCUT2D eigenvalue weighted by molar-refractivity contribution is 0.416. The van der Waals surface area contributed by atoms with E-state index < -0.39 is 0 Å². The molecule has 0 radical (unpaired) electrons. The van der Waals surface area contributed by atoms with Gasteiger partial charge in [-0.25, -0.2) is 19.3 Å². The van der Waals surface area contributed by atoms with Gasteiger partial charge in [-0.1, -0.05) is 0 Å². The van der Waals surface area contributed by atoms with Crippen molar-refractivity contribution in [2.24, 2.45) is 0 Å². The average Bonchev–Trinajstić information content (AvgIpc) is 2.95. The Labute approximate surface area is 119 Å². The number of hydrogen-bond acceptors (Lipinski definition) is 5. The van der Waals surface area contributed by atoms with Gasteiger partial charge in [-0.2, -0.15) is 10.2 Å². The summed E-state index contributed by atoms with van der Waals surface area (Å²) < 4.78 is 3.69. The van der Waals surface area contributed by atoms with E-state index in [0.717, 1.165) is 11.6 Å². The molecule has 110 valence electrons. The van der Waals surface area contributed by atoms with Gasteiger partial charge < -0.3 is 5.32 Å². The molecule has 0 saturated heterocycles. The Hall–Kier alpha value is -1.76. The highest BCUT2D eigenvalue weighted by Gasteiger charge is 2.12. The van der Waals surface area contributed by atoms with E-state index in [0.29, 0.717) is 13.1 Å². The topological polar surface area (TPSA) is 73.5 Å². The van der Waals surface area contributed by atoms with Gasteiger partial charge in [0.25, 0.3) is 0 Å². The van der Waals surface area contributed by atoms with Gasteiger partial charge >= 0.3 is 0 Å². The Kier molecular flexibility index (Phi) is 4.17. The Morgan fingerprint density at radius 2 is 2.00 bits per heavy atom. The van der Waals surface area contributed by atoms with E-state index in [1.54, 1.807) is 17.3 Å². The Bertz CT molecular complexity index is 547. The van der Waals surface area contributed by atoms with Crippen LogP contribution in [0.15, 0.2) is 12.7 Å². The van der Waals surface area contributed by atoms with Gasteiger partial charge in [0.15, 0.2) is 5.82 Å². The maximum Gasteiger partial charge on any atom is 0.164 e. The van der Waals surface area contributed by atoms with Crippen LogP contribution in [0.5, 0.6) is 0 Å². The summed E-state index contributed by atoms with van der Waals surface area (Å²) in [6, 6.07) is 0.290. The first-order chi connectivity index (χ1) is 9.35. The number of aromatic nitrogens is 6. The first-order valence-corrected chi connectivity index (χ1v) is 6.87. The van der Waals surface area contributed by atoms with Crippen molar-refractivity contribution in [2.75, 3.05) is 0 Å². The molecule has 0 atom stereocenters. The molecule has 0 fully saturated rings. The van der Waals surface area contributed by atoms with Crippen LogP contribution in [0.1, 0.15) is 52.3 Å². The van der Waals surface area contributed by atoms with Crippen LogP contribution >= 0.6 is 0 Å². The molecule has 1 N–H and O–H groups in total. The molecule has 0 aliphatic heterocycles.